The van der Waals surface area contributed by atoms with Crippen LogP contribution in [0, 0.1) is 5.92 Å². The number of hydrogen-bond donors (Lipinski definition) is 3. The van der Waals surface area contributed by atoms with Crippen molar-refractivity contribution in [2.24, 2.45) is 11.7 Å². The van der Waals surface area contributed by atoms with E-state index in [1.165, 1.54) is 0 Å². The predicted molar refractivity (Wildman–Crippen MR) is 85.6 cm³/mol. The van der Waals surface area contributed by atoms with Crippen molar-refractivity contribution < 1.29 is 4.79 Å². The van der Waals surface area contributed by atoms with Crippen molar-refractivity contribution in [2.75, 3.05) is 5.32 Å². The maximum atomic E-state index is 12.0. The van der Waals surface area contributed by atoms with Gasteiger partial charge in [-0.1, -0.05) is 25.4 Å². The third kappa shape index (κ3) is 3.62. The number of halogens is 1. The van der Waals surface area contributed by atoms with Crippen molar-refractivity contribution >= 4 is 34.0 Å². The minimum absolute atomic E-state index is 0.219. The van der Waals surface area contributed by atoms with E-state index in [1.54, 1.807) is 24.4 Å². The summed E-state index contributed by atoms with van der Waals surface area (Å²) in [7, 11) is 0. The third-order valence-corrected chi connectivity index (χ3v) is 3.49. The van der Waals surface area contributed by atoms with E-state index in [0.29, 0.717) is 33.8 Å². The first-order valence-corrected chi connectivity index (χ1v) is 7.13. The number of aromatic nitrogens is 1. The highest BCUT2D eigenvalue weighted by Gasteiger charge is 2.16. The Hall–Kier alpha value is -1.85. The highest BCUT2D eigenvalue weighted by molar-refractivity contribution is 6.34. The standard InChI is InChI=1S/C15H18ClN3O2/c1-8(2)5-12(17)15(21)19-13-6-9-3-4-18-14(20)10(9)7-11(13)16/h3-4,6-8,12H,5,17H2,1-2H3,(H,18,20)(H,19,21)/t12-/m1/s1. The van der Waals surface area contributed by atoms with Gasteiger partial charge in [0, 0.05) is 11.6 Å². The molecule has 0 fully saturated rings. The lowest BCUT2D eigenvalue weighted by Crippen LogP contribution is -2.36. The van der Waals surface area contributed by atoms with Crippen molar-refractivity contribution in [1.82, 2.24) is 4.98 Å². The van der Waals surface area contributed by atoms with Gasteiger partial charge in [0.1, 0.15) is 0 Å². The van der Waals surface area contributed by atoms with Gasteiger partial charge >= 0.3 is 0 Å². The number of hydrogen-bond acceptors (Lipinski definition) is 3. The Morgan fingerprint density at radius 2 is 2.14 bits per heavy atom. The van der Waals surface area contributed by atoms with Gasteiger partial charge in [0.05, 0.1) is 16.8 Å². The van der Waals surface area contributed by atoms with Crippen molar-refractivity contribution in [3.05, 3.63) is 39.8 Å². The Kier molecular flexibility index (Phi) is 4.65. The molecule has 21 heavy (non-hydrogen) atoms. The number of nitrogens with two attached hydrogens (primary N) is 1. The molecule has 1 amide bonds. The second-order valence-electron chi connectivity index (χ2n) is 5.45. The van der Waals surface area contributed by atoms with E-state index in [4.69, 9.17) is 17.3 Å². The van der Waals surface area contributed by atoms with E-state index in [9.17, 15) is 9.59 Å². The number of carbonyl (C=O) groups excluding carboxylic acids is 1. The zero-order chi connectivity index (χ0) is 15.6. The van der Waals surface area contributed by atoms with Crippen LogP contribution in [0.25, 0.3) is 10.8 Å². The highest BCUT2D eigenvalue weighted by Crippen LogP contribution is 2.26. The fraction of sp³-hybridized carbons (Fsp3) is 0.333. The van der Waals surface area contributed by atoms with Crippen LogP contribution in [0.3, 0.4) is 0 Å². The molecule has 1 aromatic heterocycles. The molecule has 6 heteroatoms. The van der Waals surface area contributed by atoms with Crippen LogP contribution in [-0.4, -0.2) is 16.9 Å². The third-order valence-electron chi connectivity index (χ3n) is 3.18. The molecule has 2 aromatic rings. The van der Waals surface area contributed by atoms with Crippen molar-refractivity contribution in [3.63, 3.8) is 0 Å². The average Bonchev–Trinajstić information content (AvgIpc) is 2.40. The van der Waals surface area contributed by atoms with Crippen LogP contribution >= 0.6 is 11.6 Å². The number of carbonyl (C=O) groups is 1. The first-order valence-electron chi connectivity index (χ1n) is 6.76. The minimum atomic E-state index is -0.587. The Morgan fingerprint density at radius 3 is 2.81 bits per heavy atom. The van der Waals surface area contributed by atoms with Gasteiger partial charge in [-0.2, -0.15) is 0 Å². The molecule has 0 bridgehead atoms. The lowest BCUT2D eigenvalue weighted by molar-refractivity contribution is -0.117. The SMILES string of the molecule is CC(C)C[C@@H](N)C(=O)Nc1cc2cc[nH]c(=O)c2cc1Cl. The molecule has 0 unspecified atom stereocenters. The molecule has 0 saturated heterocycles. The molecule has 0 saturated carbocycles. The molecule has 0 radical (unpaired) electrons. The summed E-state index contributed by atoms with van der Waals surface area (Å²) >= 11 is 6.12. The number of benzene rings is 1. The summed E-state index contributed by atoms with van der Waals surface area (Å²) in [5, 5.41) is 4.21. The summed E-state index contributed by atoms with van der Waals surface area (Å²) in [6, 6.07) is 4.37. The Balaban J connectivity index is 2.29. The van der Waals surface area contributed by atoms with Crippen LogP contribution in [-0.2, 0) is 4.79 Å². The molecule has 0 aliphatic carbocycles. The van der Waals surface area contributed by atoms with Crippen molar-refractivity contribution in [3.8, 4) is 0 Å². The Bertz CT molecular complexity index is 724. The lowest BCUT2D eigenvalue weighted by atomic mass is 10.0. The Morgan fingerprint density at radius 1 is 1.43 bits per heavy atom. The van der Waals surface area contributed by atoms with Gasteiger partial charge in [-0.15, -0.1) is 0 Å². The molecule has 2 rings (SSSR count). The van der Waals surface area contributed by atoms with Crippen LogP contribution in [0.5, 0.6) is 0 Å². The average molecular weight is 308 g/mol. The molecule has 4 N–H and O–H groups in total. The zero-order valence-electron chi connectivity index (χ0n) is 11.9. The number of amides is 1. The fourth-order valence-corrected chi connectivity index (χ4v) is 2.36. The lowest BCUT2D eigenvalue weighted by Gasteiger charge is -2.15. The van der Waals surface area contributed by atoms with E-state index in [2.05, 4.69) is 10.3 Å². The molecule has 0 spiro atoms. The van der Waals surface area contributed by atoms with Gasteiger partial charge in [0.15, 0.2) is 0 Å². The van der Waals surface area contributed by atoms with E-state index >= 15 is 0 Å². The molecular formula is C15H18ClN3O2. The largest absolute Gasteiger partial charge is 0.329 e. The summed E-state index contributed by atoms with van der Waals surface area (Å²) in [5.41, 5.74) is 6.08. The van der Waals surface area contributed by atoms with Crippen molar-refractivity contribution in [2.45, 2.75) is 26.3 Å². The molecular weight excluding hydrogens is 290 g/mol. The Labute approximate surface area is 127 Å². The van der Waals surface area contributed by atoms with E-state index < -0.39 is 6.04 Å². The first kappa shape index (κ1) is 15.5. The topological polar surface area (TPSA) is 88.0 Å². The summed E-state index contributed by atoms with van der Waals surface area (Å²) < 4.78 is 0. The summed E-state index contributed by atoms with van der Waals surface area (Å²) in [5.74, 6) is 0.0474. The van der Waals surface area contributed by atoms with Gasteiger partial charge in [-0.05, 0) is 35.9 Å². The fourth-order valence-electron chi connectivity index (χ4n) is 2.15. The number of anilines is 1. The summed E-state index contributed by atoms with van der Waals surface area (Å²) in [4.78, 5) is 26.3. The number of rotatable bonds is 4. The highest BCUT2D eigenvalue weighted by atomic mass is 35.5. The molecule has 0 aliphatic rings. The second kappa shape index (κ2) is 6.28. The molecule has 1 atom stereocenters. The van der Waals surface area contributed by atoms with Gasteiger partial charge in [-0.3, -0.25) is 9.59 Å². The zero-order valence-corrected chi connectivity index (χ0v) is 12.7. The van der Waals surface area contributed by atoms with Gasteiger partial charge in [0.25, 0.3) is 5.56 Å². The van der Waals surface area contributed by atoms with Crippen LogP contribution in [0.1, 0.15) is 20.3 Å². The monoisotopic (exact) mass is 307 g/mol. The van der Waals surface area contributed by atoms with Gasteiger partial charge in [-0.25, -0.2) is 0 Å². The predicted octanol–water partition coefficient (Wildman–Crippen LogP) is 2.49. The second-order valence-corrected chi connectivity index (χ2v) is 5.86. The van der Waals surface area contributed by atoms with E-state index in [-0.39, 0.29) is 11.5 Å². The molecule has 0 aliphatic heterocycles. The van der Waals surface area contributed by atoms with Gasteiger partial charge < -0.3 is 16.0 Å². The smallest absolute Gasteiger partial charge is 0.255 e. The molecule has 112 valence electrons. The summed E-state index contributed by atoms with van der Waals surface area (Å²) in [6.45, 7) is 4.00. The molecule has 5 nitrogen and oxygen atoms in total. The number of fused-ring (bicyclic) bond motifs is 1. The van der Waals surface area contributed by atoms with Crippen LogP contribution < -0.4 is 16.6 Å². The number of nitrogens with one attached hydrogen (secondary N) is 2. The number of aromatic amines is 1. The number of H-pyrrole nitrogens is 1. The van der Waals surface area contributed by atoms with E-state index in [0.717, 1.165) is 0 Å². The van der Waals surface area contributed by atoms with Gasteiger partial charge in [0.2, 0.25) is 5.91 Å². The normalized spacial score (nSPS) is 12.6. The first-order chi connectivity index (χ1) is 9.88. The van der Waals surface area contributed by atoms with Crippen LogP contribution in [0.2, 0.25) is 5.02 Å². The van der Waals surface area contributed by atoms with Crippen molar-refractivity contribution in [1.29, 1.82) is 0 Å². The number of pyridine rings is 1. The van der Waals surface area contributed by atoms with E-state index in [1.807, 2.05) is 13.8 Å². The molecule has 1 heterocycles. The maximum absolute atomic E-state index is 12.0. The van der Waals surface area contributed by atoms with Crippen LogP contribution in [0.15, 0.2) is 29.2 Å². The molecule has 1 aromatic carbocycles. The van der Waals surface area contributed by atoms with Crippen LogP contribution in [0.4, 0.5) is 5.69 Å². The minimum Gasteiger partial charge on any atom is -0.329 e. The quantitative estimate of drug-likeness (QED) is 0.811. The maximum Gasteiger partial charge on any atom is 0.255 e. The summed E-state index contributed by atoms with van der Waals surface area (Å²) in [6.07, 6.45) is 2.14.